The summed E-state index contributed by atoms with van der Waals surface area (Å²) in [6.07, 6.45) is 21.4. The lowest BCUT2D eigenvalue weighted by molar-refractivity contribution is 0.414. The smallest absolute Gasteiger partial charge is 0.119 e. The van der Waals surface area contributed by atoms with Gasteiger partial charge in [-0.2, -0.15) is 0 Å². The summed E-state index contributed by atoms with van der Waals surface area (Å²) >= 11 is 0. The molecule has 3 aliphatic carbocycles. The lowest BCUT2D eigenvalue weighted by atomic mass is 9.82. The van der Waals surface area contributed by atoms with Crippen molar-refractivity contribution in [3.63, 3.8) is 0 Å². The minimum absolute atomic E-state index is 0.937. The molecule has 6 aromatic rings. The molecule has 0 fully saturated rings. The molecule has 0 radical (unpaired) electrons. The Morgan fingerprint density at radius 1 is 0.547 bits per heavy atom. The number of pyridine rings is 3. The average Bonchev–Trinajstić information content (AvgIpc) is 3.24. The van der Waals surface area contributed by atoms with Crippen LogP contribution in [0.25, 0.3) is 33.9 Å². The molecular formula is C49H47N3O. The molecule has 264 valence electrons. The summed E-state index contributed by atoms with van der Waals surface area (Å²) in [5, 5.41) is 0. The molecule has 3 aliphatic rings. The summed E-state index contributed by atoms with van der Waals surface area (Å²) in [5.74, 6) is 0.937. The van der Waals surface area contributed by atoms with Crippen LogP contribution < -0.4 is 4.74 Å². The van der Waals surface area contributed by atoms with Crippen molar-refractivity contribution in [2.45, 2.75) is 58.8 Å². The molecule has 0 saturated carbocycles. The van der Waals surface area contributed by atoms with Crippen molar-refractivity contribution in [1.29, 1.82) is 0 Å². The van der Waals surface area contributed by atoms with Crippen LogP contribution in [0, 0.1) is 0 Å². The van der Waals surface area contributed by atoms with Gasteiger partial charge in [0.05, 0.1) is 7.11 Å². The fourth-order valence-corrected chi connectivity index (χ4v) is 7.86. The van der Waals surface area contributed by atoms with E-state index in [1.165, 1.54) is 77.9 Å². The molecule has 3 aromatic carbocycles. The van der Waals surface area contributed by atoms with Crippen LogP contribution in [0.2, 0.25) is 0 Å². The quantitative estimate of drug-likeness (QED) is 0.180. The lowest BCUT2D eigenvalue weighted by Crippen LogP contribution is -2.04. The SMILES string of the molecule is CC1=C(c2cccnc2)CCc2ccccc21.CCC1=C(c2cccnc2)CCc2ccccc21.COc1ccc2c(c1)CCC(c1cccnc1)=C2. The van der Waals surface area contributed by atoms with Gasteiger partial charge in [0, 0.05) is 37.2 Å². The van der Waals surface area contributed by atoms with E-state index in [0.29, 0.717) is 0 Å². The zero-order valence-electron chi connectivity index (χ0n) is 31.1. The van der Waals surface area contributed by atoms with Crippen molar-refractivity contribution >= 4 is 33.9 Å². The number of aryl methyl sites for hydroxylation is 3. The highest BCUT2D eigenvalue weighted by atomic mass is 16.5. The molecule has 3 aromatic heterocycles. The van der Waals surface area contributed by atoms with E-state index in [-0.39, 0.29) is 0 Å². The van der Waals surface area contributed by atoms with E-state index in [9.17, 15) is 0 Å². The van der Waals surface area contributed by atoms with E-state index >= 15 is 0 Å². The number of allylic oxidation sites excluding steroid dienone is 5. The predicted molar refractivity (Wildman–Crippen MR) is 221 cm³/mol. The maximum Gasteiger partial charge on any atom is 0.119 e. The molecule has 0 spiro atoms. The number of methoxy groups -OCH3 is 1. The monoisotopic (exact) mass is 693 g/mol. The van der Waals surface area contributed by atoms with E-state index in [1.807, 2.05) is 61.4 Å². The normalized spacial score (nSPS) is 14.3. The van der Waals surface area contributed by atoms with E-state index in [1.54, 1.807) is 7.11 Å². The first kappa shape index (κ1) is 35.5. The van der Waals surface area contributed by atoms with E-state index in [4.69, 9.17) is 4.74 Å². The Morgan fingerprint density at radius 3 is 1.74 bits per heavy atom. The predicted octanol–water partition coefficient (Wildman–Crippen LogP) is 11.9. The summed E-state index contributed by atoms with van der Waals surface area (Å²) < 4.78 is 5.26. The Bertz CT molecular complexity index is 2250. The Hall–Kier alpha value is -5.87. The Balaban J connectivity index is 0.000000123. The van der Waals surface area contributed by atoms with Gasteiger partial charge in [0.25, 0.3) is 0 Å². The van der Waals surface area contributed by atoms with Crippen molar-refractivity contribution in [3.05, 3.63) is 190 Å². The molecule has 4 heteroatoms. The summed E-state index contributed by atoms with van der Waals surface area (Å²) in [6, 6.07) is 36.2. The lowest BCUT2D eigenvalue weighted by Gasteiger charge is -2.23. The van der Waals surface area contributed by atoms with Crippen LogP contribution in [-0.2, 0) is 19.3 Å². The number of aromatic nitrogens is 3. The zero-order chi connectivity index (χ0) is 36.4. The number of hydrogen-bond donors (Lipinski definition) is 0. The van der Waals surface area contributed by atoms with Gasteiger partial charge in [0.2, 0.25) is 0 Å². The molecule has 0 saturated heterocycles. The Kier molecular flexibility index (Phi) is 11.5. The topological polar surface area (TPSA) is 47.9 Å². The van der Waals surface area contributed by atoms with E-state index < -0.39 is 0 Å². The van der Waals surface area contributed by atoms with Gasteiger partial charge in [-0.05, 0) is 160 Å². The zero-order valence-corrected chi connectivity index (χ0v) is 31.1. The van der Waals surface area contributed by atoms with Gasteiger partial charge in [-0.1, -0.05) is 85.8 Å². The van der Waals surface area contributed by atoms with Gasteiger partial charge in [0.1, 0.15) is 5.75 Å². The number of hydrogen-bond acceptors (Lipinski definition) is 4. The summed E-state index contributed by atoms with van der Waals surface area (Å²) in [6.45, 7) is 4.47. The van der Waals surface area contributed by atoms with Crippen molar-refractivity contribution < 1.29 is 4.74 Å². The van der Waals surface area contributed by atoms with Crippen molar-refractivity contribution in [3.8, 4) is 5.75 Å². The first-order valence-electron chi connectivity index (χ1n) is 18.8. The highest BCUT2D eigenvalue weighted by molar-refractivity contribution is 5.93. The largest absolute Gasteiger partial charge is 0.497 e. The molecule has 3 heterocycles. The fraction of sp³-hybridized carbons (Fsp3) is 0.204. The van der Waals surface area contributed by atoms with Crippen LogP contribution in [0.4, 0.5) is 0 Å². The van der Waals surface area contributed by atoms with Crippen LogP contribution >= 0.6 is 0 Å². The standard InChI is InChI=1S/C17H17N.C16H15NO.C16H15N/c1-2-15-16-8-4-3-6-13(16)9-10-17(15)14-7-5-11-18-12-14;1-18-16-7-6-12-9-13(4-5-14(12)10-16)15-3-2-8-17-11-15;1-12-15-7-3-2-5-13(15)8-9-16(12)14-6-4-10-17-11-14/h3-8,11-12H,2,9-10H2,1H3;2-3,6-11H,4-5H2,1H3;2-7,10-11H,8-9H2,1H3. The first-order valence-corrected chi connectivity index (χ1v) is 18.8. The third-order valence-electron chi connectivity index (χ3n) is 10.6. The van der Waals surface area contributed by atoms with E-state index in [0.717, 1.165) is 50.7 Å². The Morgan fingerprint density at radius 2 is 1.11 bits per heavy atom. The molecule has 0 amide bonds. The molecule has 0 bridgehead atoms. The molecule has 4 nitrogen and oxygen atoms in total. The molecular weight excluding hydrogens is 647 g/mol. The second-order valence-corrected chi connectivity index (χ2v) is 13.7. The van der Waals surface area contributed by atoms with Crippen molar-refractivity contribution in [2.75, 3.05) is 7.11 Å². The van der Waals surface area contributed by atoms with Crippen LogP contribution in [0.15, 0.2) is 140 Å². The highest BCUT2D eigenvalue weighted by Crippen LogP contribution is 2.39. The van der Waals surface area contributed by atoms with Crippen LogP contribution in [0.1, 0.15) is 89.6 Å². The average molecular weight is 694 g/mol. The minimum Gasteiger partial charge on any atom is -0.497 e. The summed E-state index contributed by atoms with van der Waals surface area (Å²) in [4.78, 5) is 12.6. The van der Waals surface area contributed by atoms with Gasteiger partial charge in [-0.15, -0.1) is 0 Å². The van der Waals surface area contributed by atoms with Gasteiger partial charge >= 0.3 is 0 Å². The van der Waals surface area contributed by atoms with Crippen LogP contribution in [0.3, 0.4) is 0 Å². The van der Waals surface area contributed by atoms with Gasteiger partial charge in [-0.3, -0.25) is 15.0 Å². The maximum absolute atomic E-state index is 5.26. The number of nitrogens with zero attached hydrogens (tertiary/aromatic N) is 3. The van der Waals surface area contributed by atoms with Crippen LogP contribution in [-0.4, -0.2) is 22.1 Å². The van der Waals surface area contributed by atoms with E-state index in [2.05, 4.69) is 114 Å². The second kappa shape index (κ2) is 17.1. The molecule has 0 aliphatic heterocycles. The molecule has 0 atom stereocenters. The molecule has 0 unspecified atom stereocenters. The summed E-state index contributed by atoms with van der Waals surface area (Å²) in [5.41, 5.74) is 19.4. The third-order valence-corrected chi connectivity index (χ3v) is 10.6. The van der Waals surface area contributed by atoms with Gasteiger partial charge in [-0.25, -0.2) is 0 Å². The minimum atomic E-state index is 0.937. The number of benzene rings is 3. The first-order chi connectivity index (χ1) is 26.1. The number of ether oxygens (including phenoxy) is 1. The van der Waals surface area contributed by atoms with Crippen LogP contribution in [0.5, 0.6) is 5.75 Å². The van der Waals surface area contributed by atoms with Gasteiger partial charge in [0.15, 0.2) is 0 Å². The highest BCUT2D eigenvalue weighted by Gasteiger charge is 2.19. The fourth-order valence-electron chi connectivity index (χ4n) is 7.86. The van der Waals surface area contributed by atoms with Crippen molar-refractivity contribution in [2.24, 2.45) is 0 Å². The Labute approximate surface area is 314 Å². The second-order valence-electron chi connectivity index (χ2n) is 13.7. The summed E-state index contributed by atoms with van der Waals surface area (Å²) in [7, 11) is 1.71. The molecule has 53 heavy (non-hydrogen) atoms. The number of fused-ring (bicyclic) bond motifs is 3. The molecule has 0 N–H and O–H groups in total. The van der Waals surface area contributed by atoms with Crippen molar-refractivity contribution in [1.82, 2.24) is 15.0 Å². The number of rotatable bonds is 5. The maximum atomic E-state index is 5.26. The third kappa shape index (κ3) is 8.29. The molecule has 9 rings (SSSR count). The van der Waals surface area contributed by atoms with Gasteiger partial charge < -0.3 is 4.74 Å².